The second kappa shape index (κ2) is 6.15. The summed E-state index contributed by atoms with van der Waals surface area (Å²) in [6.07, 6.45) is 1.79. The lowest BCUT2D eigenvalue weighted by atomic mass is 10.2. The number of benzene rings is 1. The average molecular weight is 355 g/mol. The van der Waals surface area contributed by atoms with Crippen LogP contribution in [-0.4, -0.2) is 10.1 Å². The largest absolute Gasteiger partial charge is 0.455 e. The third kappa shape index (κ3) is 3.20. The third-order valence-electron chi connectivity index (χ3n) is 2.55. The number of aliphatic hydroxyl groups excluding tert-OH is 1. The van der Waals surface area contributed by atoms with E-state index < -0.39 is 6.10 Å². The summed E-state index contributed by atoms with van der Waals surface area (Å²) in [5.41, 5.74) is 0.674. The molecule has 3 nitrogen and oxygen atoms in total. The van der Waals surface area contributed by atoms with Crippen LogP contribution in [-0.2, 0) is 0 Å². The lowest BCUT2D eigenvalue weighted by molar-refractivity contribution is 0.169. The second-order valence-electron chi connectivity index (χ2n) is 3.88. The summed E-state index contributed by atoms with van der Waals surface area (Å²) in [7, 11) is 0. The molecule has 94 valence electrons. The predicted molar refractivity (Wildman–Crippen MR) is 78.7 cm³/mol. The van der Waals surface area contributed by atoms with E-state index in [4.69, 9.17) is 4.74 Å². The summed E-state index contributed by atoms with van der Waals surface area (Å²) in [5, 5.41) is 9.65. The van der Waals surface area contributed by atoms with Crippen LogP contribution >= 0.6 is 22.6 Å². The van der Waals surface area contributed by atoms with Gasteiger partial charge in [0.05, 0.1) is 21.6 Å². The molecular weight excluding hydrogens is 341 g/mol. The minimum Gasteiger partial charge on any atom is -0.455 e. The van der Waals surface area contributed by atoms with Crippen LogP contribution < -0.4 is 4.74 Å². The molecule has 0 fully saturated rings. The van der Waals surface area contributed by atoms with Crippen molar-refractivity contribution in [3.05, 3.63) is 51.9 Å². The Morgan fingerprint density at radius 2 is 2.06 bits per heavy atom. The van der Waals surface area contributed by atoms with Gasteiger partial charge in [-0.05, 0) is 53.3 Å². The van der Waals surface area contributed by atoms with Gasteiger partial charge in [-0.15, -0.1) is 0 Å². The topological polar surface area (TPSA) is 42.4 Å². The van der Waals surface area contributed by atoms with E-state index in [2.05, 4.69) is 27.6 Å². The van der Waals surface area contributed by atoms with Crippen LogP contribution in [0, 0.1) is 3.57 Å². The number of halogens is 1. The number of rotatable bonds is 4. The molecule has 0 aliphatic rings. The first-order chi connectivity index (χ1) is 8.70. The standard InChI is InChI=1S/C14H14INO2/c1-2-13(17)12-8-7-10(9-16-12)18-14-6-4-3-5-11(14)15/h3-9,13,17H,2H2,1H3/t13-/m1/s1. The minimum atomic E-state index is -0.504. The number of para-hydroxylation sites is 1. The maximum Gasteiger partial charge on any atom is 0.145 e. The first-order valence-electron chi connectivity index (χ1n) is 5.77. The molecule has 0 aliphatic heterocycles. The lowest BCUT2D eigenvalue weighted by Crippen LogP contribution is -1.98. The fourth-order valence-electron chi connectivity index (χ4n) is 1.51. The Balaban J connectivity index is 2.14. The highest BCUT2D eigenvalue weighted by atomic mass is 127. The smallest absolute Gasteiger partial charge is 0.145 e. The van der Waals surface area contributed by atoms with Crippen LogP contribution in [0.1, 0.15) is 25.1 Å². The van der Waals surface area contributed by atoms with E-state index in [9.17, 15) is 5.11 Å². The van der Waals surface area contributed by atoms with Crippen LogP contribution in [0.4, 0.5) is 0 Å². The molecule has 1 heterocycles. The zero-order valence-corrected chi connectivity index (χ0v) is 12.2. The normalized spacial score (nSPS) is 12.2. The zero-order chi connectivity index (χ0) is 13.0. The van der Waals surface area contributed by atoms with Gasteiger partial charge in [0.15, 0.2) is 0 Å². The Kier molecular flexibility index (Phi) is 4.54. The Morgan fingerprint density at radius 1 is 1.28 bits per heavy atom. The van der Waals surface area contributed by atoms with Crippen molar-refractivity contribution in [1.82, 2.24) is 4.98 Å². The number of hydrogen-bond donors (Lipinski definition) is 1. The molecule has 2 rings (SSSR count). The quantitative estimate of drug-likeness (QED) is 0.846. The Hall–Kier alpha value is -1.14. The van der Waals surface area contributed by atoms with E-state index in [1.165, 1.54) is 0 Å². The van der Waals surface area contributed by atoms with Crippen LogP contribution in [0.15, 0.2) is 42.6 Å². The van der Waals surface area contributed by atoms with E-state index in [-0.39, 0.29) is 0 Å². The summed E-state index contributed by atoms with van der Waals surface area (Å²) < 4.78 is 6.77. The van der Waals surface area contributed by atoms with Crippen molar-refractivity contribution in [2.45, 2.75) is 19.4 Å². The molecule has 4 heteroatoms. The van der Waals surface area contributed by atoms with Gasteiger partial charge in [0.1, 0.15) is 11.5 Å². The Labute approximate surface area is 120 Å². The lowest BCUT2D eigenvalue weighted by Gasteiger charge is -2.09. The number of nitrogens with zero attached hydrogens (tertiary/aromatic N) is 1. The van der Waals surface area contributed by atoms with Gasteiger partial charge in [0.25, 0.3) is 0 Å². The van der Waals surface area contributed by atoms with Crippen molar-refractivity contribution in [3.8, 4) is 11.5 Å². The Bertz CT molecular complexity index is 513. The van der Waals surface area contributed by atoms with E-state index in [1.807, 2.05) is 37.3 Å². The van der Waals surface area contributed by atoms with Gasteiger partial charge in [-0.1, -0.05) is 19.1 Å². The highest BCUT2D eigenvalue weighted by molar-refractivity contribution is 14.1. The summed E-state index contributed by atoms with van der Waals surface area (Å²) in [6, 6.07) is 11.4. The molecule has 0 unspecified atom stereocenters. The molecule has 2 aromatic rings. The molecule has 1 atom stereocenters. The average Bonchev–Trinajstić information content (AvgIpc) is 2.41. The molecule has 0 saturated carbocycles. The molecule has 0 aliphatic carbocycles. The zero-order valence-electron chi connectivity index (χ0n) is 10.0. The molecule has 0 spiro atoms. The van der Waals surface area contributed by atoms with Crippen molar-refractivity contribution in [2.24, 2.45) is 0 Å². The molecule has 0 radical (unpaired) electrons. The molecule has 1 N–H and O–H groups in total. The minimum absolute atomic E-state index is 0.504. The monoisotopic (exact) mass is 355 g/mol. The first kappa shape index (κ1) is 13.3. The van der Waals surface area contributed by atoms with Gasteiger partial charge in [0.2, 0.25) is 0 Å². The van der Waals surface area contributed by atoms with Crippen molar-refractivity contribution in [3.63, 3.8) is 0 Å². The molecule has 0 saturated heterocycles. The van der Waals surface area contributed by atoms with Crippen molar-refractivity contribution < 1.29 is 9.84 Å². The van der Waals surface area contributed by atoms with Crippen LogP contribution in [0.25, 0.3) is 0 Å². The maximum absolute atomic E-state index is 9.65. The predicted octanol–water partition coefficient (Wildman–Crippen LogP) is 3.92. The van der Waals surface area contributed by atoms with Gasteiger partial charge in [-0.25, -0.2) is 0 Å². The van der Waals surface area contributed by atoms with Crippen molar-refractivity contribution in [2.75, 3.05) is 0 Å². The summed E-state index contributed by atoms with van der Waals surface area (Å²) in [4.78, 5) is 4.20. The van der Waals surface area contributed by atoms with E-state index >= 15 is 0 Å². The van der Waals surface area contributed by atoms with Crippen molar-refractivity contribution in [1.29, 1.82) is 0 Å². The highest BCUT2D eigenvalue weighted by Gasteiger charge is 2.07. The van der Waals surface area contributed by atoms with Crippen LogP contribution in [0.3, 0.4) is 0 Å². The first-order valence-corrected chi connectivity index (χ1v) is 6.85. The van der Waals surface area contributed by atoms with Crippen LogP contribution in [0.2, 0.25) is 0 Å². The number of aliphatic hydroxyl groups is 1. The highest BCUT2D eigenvalue weighted by Crippen LogP contribution is 2.26. The summed E-state index contributed by atoms with van der Waals surface area (Å²) in [5.74, 6) is 1.48. The van der Waals surface area contributed by atoms with E-state index in [0.717, 1.165) is 9.32 Å². The number of ether oxygens (including phenoxy) is 1. The van der Waals surface area contributed by atoms with Gasteiger partial charge in [-0.3, -0.25) is 4.98 Å². The Morgan fingerprint density at radius 3 is 2.67 bits per heavy atom. The fourth-order valence-corrected chi connectivity index (χ4v) is 2.01. The number of aromatic nitrogens is 1. The summed E-state index contributed by atoms with van der Waals surface area (Å²) in [6.45, 7) is 1.92. The third-order valence-corrected chi connectivity index (χ3v) is 3.44. The van der Waals surface area contributed by atoms with Gasteiger partial charge >= 0.3 is 0 Å². The second-order valence-corrected chi connectivity index (χ2v) is 5.04. The van der Waals surface area contributed by atoms with E-state index in [0.29, 0.717) is 17.9 Å². The van der Waals surface area contributed by atoms with E-state index in [1.54, 1.807) is 12.3 Å². The molecule has 1 aromatic heterocycles. The molecule has 1 aromatic carbocycles. The fraction of sp³-hybridized carbons (Fsp3) is 0.214. The number of pyridine rings is 1. The SMILES string of the molecule is CC[C@@H](O)c1ccc(Oc2ccccc2I)cn1. The van der Waals surface area contributed by atoms with Gasteiger partial charge in [-0.2, -0.15) is 0 Å². The summed E-state index contributed by atoms with van der Waals surface area (Å²) >= 11 is 2.23. The maximum atomic E-state index is 9.65. The molecule has 0 amide bonds. The number of hydrogen-bond acceptors (Lipinski definition) is 3. The molecular formula is C14H14INO2. The molecule has 0 bridgehead atoms. The van der Waals surface area contributed by atoms with Crippen molar-refractivity contribution >= 4 is 22.6 Å². The molecule has 18 heavy (non-hydrogen) atoms. The van der Waals surface area contributed by atoms with Gasteiger partial charge in [0, 0.05) is 0 Å². The van der Waals surface area contributed by atoms with Gasteiger partial charge < -0.3 is 9.84 Å². The van der Waals surface area contributed by atoms with Crippen LogP contribution in [0.5, 0.6) is 11.5 Å².